The molecule has 2 fully saturated rings. The molecule has 0 unspecified atom stereocenters. The van der Waals surface area contributed by atoms with Crippen LogP contribution in [0.3, 0.4) is 0 Å². The Labute approximate surface area is 263 Å². The number of halogens is 1. The molecule has 2 atom stereocenters. The molecule has 10 nitrogen and oxygen atoms in total. The monoisotopic (exact) mass is 613 g/mol. The van der Waals surface area contributed by atoms with Gasteiger partial charge in [0.15, 0.2) is 5.83 Å². The molecule has 4 heterocycles. The predicted molar refractivity (Wildman–Crippen MR) is 171 cm³/mol. The number of nitriles is 1. The molecule has 2 saturated heterocycles. The van der Waals surface area contributed by atoms with Crippen molar-refractivity contribution >= 4 is 28.2 Å². The highest BCUT2D eigenvalue weighted by molar-refractivity contribution is 5.97. The van der Waals surface area contributed by atoms with Gasteiger partial charge in [-0.1, -0.05) is 36.9 Å². The summed E-state index contributed by atoms with van der Waals surface area (Å²) in [6, 6.07) is 14.9. The van der Waals surface area contributed by atoms with E-state index >= 15 is 0 Å². The summed E-state index contributed by atoms with van der Waals surface area (Å²) in [7, 11) is 0. The Morgan fingerprint density at radius 2 is 1.96 bits per heavy atom. The van der Waals surface area contributed by atoms with Crippen LogP contribution in [0, 0.1) is 18.3 Å². The lowest BCUT2D eigenvalue weighted by atomic mass is 9.99. The lowest BCUT2D eigenvalue weighted by Crippen LogP contribution is -2.55. The SMILES string of the molecule is C=C(F)C(=O)N1CCN(c2nc(OC[C@@H]3CCCN3CCO)nc3c2CCN(c2cccc4cccc(C)c24)C3)C[C@@H]1CC#N. The van der Waals surface area contributed by atoms with Gasteiger partial charge in [-0.05, 0) is 49.7 Å². The van der Waals surface area contributed by atoms with Gasteiger partial charge in [0.2, 0.25) is 0 Å². The van der Waals surface area contributed by atoms with Crippen LogP contribution in [-0.4, -0.2) is 95.3 Å². The zero-order chi connectivity index (χ0) is 31.5. The number of aliphatic hydroxyl groups excluding tert-OH is 1. The van der Waals surface area contributed by atoms with Crippen molar-refractivity contribution in [3.8, 4) is 12.1 Å². The number of β-amino-alcohol motifs (C(OH)–C–C–N with tert-alkyl or cyclic N) is 1. The Morgan fingerprint density at radius 1 is 1.13 bits per heavy atom. The van der Waals surface area contributed by atoms with Crippen LogP contribution in [0.1, 0.15) is 36.1 Å². The molecule has 2 aromatic carbocycles. The van der Waals surface area contributed by atoms with Crippen molar-refractivity contribution in [2.24, 2.45) is 0 Å². The van der Waals surface area contributed by atoms with Crippen LogP contribution in [0.5, 0.6) is 6.01 Å². The highest BCUT2D eigenvalue weighted by atomic mass is 19.1. The average molecular weight is 614 g/mol. The van der Waals surface area contributed by atoms with E-state index in [9.17, 15) is 19.6 Å². The van der Waals surface area contributed by atoms with E-state index in [1.807, 2.05) is 0 Å². The van der Waals surface area contributed by atoms with Crippen molar-refractivity contribution in [1.29, 1.82) is 5.26 Å². The van der Waals surface area contributed by atoms with E-state index in [2.05, 4.69) is 70.7 Å². The number of piperazine rings is 1. The molecule has 1 aromatic heterocycles. The number of amides is 1. The van der Waals surface area contributed by atoms with Crippen molar-refractivity contribution < 1.29 is 19.0 Å². The number of hydrogen-bond donors (Lipinski definition) is 1. The molecule has 236 valence electrons. The molecule has 3 aliphatic rings. The predicted octanol–water partition coefficient (Wildman–Crippen LogP) is 3.75. The molecule has 0 radical (unpaired) electrons. The van der Waals surface area contributed by atoms with E-state index in [1.165, 1.54) is 21.2 Å². The lowest BCUT2D eigenvalue weighted by molar-refractivity contribution is -0.131. The second-order valence-electron chi connectivity index (χ2n) is 12.1. The number of ether oxygens (including phenoxy) is 1. The Kier molecular flexibility index (Phi) is 9.14. The molecule has 1 amide bonds. The molecule has 0 saturated carbocycles. The second kappa shape index (κ2) is 13.4. The Balaban J connectivity index is 1.33. The van der Waals surface area contributed by atoms with Crippen LogP contribution < -0.4 is 14.5 Å². The maximum absolute atomic E-state index is 13.8. The van der Waals surface area contributed by atoms with Gasteiger partial charge in [-0.25, -0.2) is 4.39 Å². The van der Waals surface area contributed by atoms with Gasteiger partial charge in [0.25, 0.3) is 5.91 Å². The van der Waals surface area contributed by atoms with Crippen LogP contribution >= 0.6 is 0 Å². The lowest BCUT2D eigenvalue weighted by Gasteiger charge is -2.42. The molecule has 6 rings (SSSR count). The summed E-state index contributed by atoms with van der Waals surface area (Å²) >= 11 is 0. The molecular formula is C34H40FN7O3. The summed E-state index contributed by atoms with van der Waals surface area (Å²) in [4.78, 5) is 30.5. The second-order valence-corrected chi connectivity index (χ2v) is 12.1. The number of hydrogen-bond acceptors (Lipinski definition) is 9. The summed E-state index contributed by atoms with van der Waals surface area (Å²) in [5.41, 5.74) is 4.30. The number of benzene rings is 2. The molecule has 0 aliphatic carbocycles. The number of carbonyl (C=O) groups excluding carboxylic acids is 1. The molecular weight excluding hydrogens is 573 g/mol. The van der Waals surface area contributed by atoms with Crippen molar-refractivity contribution in [2.75, 3.05) is 62.3 Å². The minimum atomic E-state index is -1.02. The molecule has 0 spiro atoms. The summed E-state index contributed by atoms with van der Waals surface area (Å²) in [5.74, 6) is -1.04. The molecule has 1 N–H and O–H groups in total. The number of rotatable bonds is 9. The van der Waals surface area contributed by atoms with E-state index in [-0.39, 0.29) is 25.6 Å². The smallest absolute Gasteiger partial charge is 0.318 e. The van der Waals surface area contributed by atoms with E-state index in [4.69, 9.17) is 14.7 Å². The average Bonchev–Trinajstić information content (AvgIpc) is 3.50. The van der Waals surface area contributed by atoms with E-state index in [0.29, 0.717) is 45.2 Å². The maximum Gasteiger partial charge on any atom is 0.318 e. The minimum absolute atomic E-state index is 0.0722. The van der Waals surface area contributed by atoms with E-state index < -0.39 is 17.8 Å². The van der Waals surface area contributed by atoms with Crippen molar-refractivity contribution in [1.82, 2.24) is 19.8 Å². The summed E-state index contributed by atoms with van der Waals surface area (Å²) < 4.78 is 20.1. The van der Waals surface area contributed by atoms with Crippen LogP contribution in [0.15, 0.2) is 48.8 Å². The van der Waals surface area contributed by atoms with Crippen LogP contribution in [0.25, 0.3) is 10.8 Å². The van der Waals surface area contributed by atoms with Gasteiger partial charge in [-0.15, -0.1) is 0 Å². The summed E-state index contributed by atoms with van der Waals surface area (Å²) in [5, 5.41) is 21.4. The van der Waals surface area contributed by atoms with Crippen LogP contribution in [-0.2, 0) is 17.8 Å². The van der Waals surface area contributed by atoms with Gasteiger partial charge in [0, 0.05) is 55.4 Å². The third-order valence-corrected chi connectivity index (χ3v) is 9.35. The third kappa shape index (κ3) is 6.30. The fourth-order valence-corrected chi connectivity index (χ4v) is 7.12. The molecule has 0 bridgehead atoms. The normalized spacial score (nSPS) is 20.3. The van der Waals surface area contributed by atoms with Crippen LogP contribution in [0.2, 0.25) is 0 Å². The quantitative estimate of drug-likeness (QED) is 0.361. The maximum atomic E-state index is 13.8. The highest BCUT2D eigenvalue weighted by Gasteiger charge is 2.35. The zero-order valence-corrected chi connectivity index (χ0v) is 25.8. The number of carbonyl (C=O) groups is 1. The highest BCUT2D eigenvalue weighted by Crippen LogP contribution is 2.36. The largest absolute Gasteiger partial charge is 0.462 e. The van der Waals surface area contributed by atoms with Gasteiger partial charge in [-0.2, -0.15) is 15.2 Å². The zero-order valence-electron chi connectivity index (χ0n) is 25.8. The first-order valence-corrected chi connectivity index (χ1v) is 15.8. The van der Waals surface area contributed by atoms with Gasteiger partial charge in [-0.3, -0.25) is 9.69 Å². The Bertz CT molecular complexity index is 1620. The molecule has 11 heteroatoms. The standard InChI is InChI=1S/C34H40FN7O3/c1-23-6-3-7-25-8-4-10-30(31(23)25)40-15-12-28-29(21-40)37-34(45-22-27-9-5-14-39(27)18-19-43)38-32(28)41-16-17-42(33(44)24(2)35)26(20-41)11-13-36/h3-4,6-8,10,26-27,43H,2,5,9,11-12,14-22H2,1H3/t26-,27-/m0/s1. The van der Waals surface area contributed by atoms with Crippen molar-refractivity contribution in [3.05, 3.63) is 65.6 Å². The third-order valence-electron chi connectivity index (χ3n) is 9.35. The van der Waals surface area contributed by atoms with E-state index in [0.717, 1.165) is 48.7 Å². The van der Waals surface area contributed by atoms with Gasteiger partial charge in [0.05, 0.1) is 37.4 Å². The molecule has 3 aliphatic heterocycles. The van der Waals surface area contributed by atoms with Crippen LogP contribution in [0.4, 0.5) is 15.9 Å². The first-order chi connectivity index (χ1) is 21.9. The number of likely N-dealkylation sites (tertiary alicyclic amines) is 1. The molecule has 45 heavy (non-hydrogen) atoms. The summed E-state index contributed by atoms with van der Waals surface area (Å²) in [6.45, 7) is 9.77. The Hall–Kier alpha value is -4.27. The first kappa shape index (κ1) is 30.7. The fraction of sp³-hybridized carbons (Fsp3) is 0.471. The van der Waals surface area contributed by atoms with Crippen molar-refractivity contribution in [2.45, 2.75) is 51.2 Å². The van der Waals surface area contributed by atoms with Gasteiger partial charge < -0.3 is 24.5 Å². The van der Waals surface area contributed by atoms with Crippen molar-refractivity contribution in [3.63, 3.8) is 0 Å². The number of aromatic nitrogens is 2. The van der Waals surface area contributed by atoms with Gasteiger partial charge in [0.1, 0.15) is 12.4 Å². The number of nitrogens with zero attached hydrogens (tertiary/aromatic N) is 7. The first-order valence-electron chi connectivity index (χ1n) is 15.8. The number of aryl methyl sites for hydroxylation is 1. The summed E-state index contributed by atoms with van der Waals surface area (Å²) in [6.07, 6.45) is 2.82. The number of anilines is 2. The molecule has 3 aromatic rings. The number of fused-ring (bicyclic) bond motifs is 2. The topological polar surface area (TPSA) is 109 Å². The van der Waals surface area contributed by atoms with Gasteiger partial charge >= 0.3 is 6.01 Å². The Morgan fingerprint density at radius 3 is 2.73 bits per heavy atom. The number of aliphatic hydroxyl groups is 1. The fourth-order valence-electron chi connectivity index (χ4n) is 7.12. The minimum Gasteiger partial charge on any atom is -0.462 e. The van der Waals surface area contributed by atoms with E-state index in [1.54, 1.807) is 0 Å².